The molecule has 0 spiro atoms. The molecule has 0 fully saturated rings. The van der Waals surface area contributed by atoms with Gasteiger partial charge in [-0.05, 0) is 22.9 Å². The Labute approximate surface area is 211 Å². The summed E-state index contributed by atoms with van der Waals surface area (Å²) in [5.74, 6) is 0.664. The summed E-state index contributed by atoms with van der Waals surface area (Å²) in [5.41, 5.74) is -4.98. The number of halogens is 3. The van der Waals surface area contributed by atoms with E-state index in [0.717, 1.165) is 16.5 Å². The van der Waals surface area contributed by atoms with E-state index in [1.54, 1.807) is 22.6 Å². The number of aromatic nitrogens is 3. The van der Waals surface area contributed by atoms with Gasteiger partial charge in [0.25, 0.3) is 10.1 Å². The predicted octanol–water partition coefficient (Wildman–Crippen LogP) is 1.61. The number of aryl methyl sites for hydroxylation is 2. The van der Waals surface area contributed by atoms with Gasteiger partial charge in [-0.25, -0.2) is 8.42 Å². The smallest absolute Gasteiger partial charge is 0.485 e. The van der Waals surface area contributed by atoms with E-state index in [-0.39, 0.29) is 19.0 Å². The van der Waals surface area contributed by atoms with Crippen LogP contribution in [-0.2, 0) is 44.6 Å². The second kappa shape index (κ2) is 13.1. The molecule has 1 heterocycles. The molecule has 0 aliphatic carbocycles. The zero-order valence-corrected chi connectivity index (χ0v) is 21.3. The zero-order chi connectivity index (χ0) is 27.7. The monoisotopic (exact) mass is 569 g/mol. The van der Waals surface area contributed by atoms with E-state index in [1.807, 2.05) is 42.5 Å². The van der Waals surface area contributed by atoms with Crippen LogP contribution in [-0.4, -0.2) is 60.9 Å². The molecule has 0 amide bonds. The lowest BCUT2D eigenvalue weighted by atomic mass is 10.1. The van der Waals surface area contributed by atoms with E-state index in [9.17, 15) is 21.6 Å². The minimum atomic E-state index is -6.09. The van der Waals surface area contributed by atoms with Crippen LogP contribution in [0, 0.1) is 0 Å². The fourth-order valence-electron chi connectivity index (χ4n) is 2.92. The van der Waals surface area contributed by atoms with Crippen LogP contribution in [0.15, 0.2) is 48.7 Å². The van der Waals surface area contributed by atoms with Gasteiger partial charge in [0.2, 0.25) is 0 Å². The fraction of sp³-hybridized carbons (Fsp3) is 0.429. The van der Waals surface area contributed by atoms with Crippen molar-refractivity contribution in [1.82, 2.24) is 9.90 Å². The van der Waals surface area contributed by atoms with E-state index < -0.39 is 25.7 Å². The van der Waals surface area contributed by atoms with Crippen LogP contribution in [0.4, 0.5) is 13.2 Å². The fourth-order valence-corrected chi connectivity index (χ4v) is 3.89. The van der Waals surface area contributed by atoms with Gasteiger partial charge in [-0.15, -0.1) is 9.36 Å². The summed E-state index contributed by atoms with van der Waals surface area (Å²) in [6.45, 7) is 0.781. The van der Waals surface area contributed by atoms with Gasteiger partial charge in [-0.2, -0.15) is 21.6 Å². The molecular formula is C21H26F3N3O8S2. The van der Waals surface area contributed by atoms with Crippen molar-refractivity contribution >= 4 is 31.0 Å². The number of nitrogens with zero attached hydrogens (tertiary/aromatic N) is 3. The maximum Gasteiger partial charge on any atom is 0.485 e. The Bertz CT molecular complexity index is 1380. The Morgan fingerprint density at radius 2 is 1.70 bits per heavy atom. The van der Waals surface area contributed by atoms with Crippen molar-refractivity contribution in [3.63, 3.8) is 0 Å². The van der Waals surface area contributed by atoms with Crippen LogP contribution in [0.25, 0.3) is 10.8 Å². The third-order valence-electron chi connectivity index (χ3n) is 4.73. The Balaban J connectivity index is 0.000000521. The highest BCUT2D eigenvalue weighted by Crippen LogP contribution is 2.21. The average Bonchev–Trinajstić information content (AvgIpc) is 3.17. The third-order valence-corrected chi connectivity index (χ3v) is 6.61. The first-order chi connectivity index (χ1) is 17.2. The maximum atomic E-state index is 12.0. The standard InChI is InChI=1S/C20H26N3O5S.CHF3O3S/c1-22-19(16-24)15-23(21-22)10-4-13-29(25,26)28-12-5-11-27-20-9-8-17-6-2-3-7-18(17)14-20;2-1(3,4)8(5,6)7/h2-3,6-9,14-15,24H,4-5,10-13,16H2,1H3;(H,5,6,7)/q+1;/p-1. The van der Waals surface area contributed by atoms with Crippen molar-refractivity contribution in [3.05, 3.63) is 54.4 Å². The van der Waals surface area contributed by atoms with E-state index >= 15 is 0 Å². The van der Waals surface area contributed by atoms with E-state index in [2.05, 4.69) is 5.21 Å². The topological polar surface area (TPSA) is 152 Å². The Hall–Kier alpha value is -2.79. The Kier molecular flexibility index (Phi) is 10.8. The van der Waals surface area contributed by atoms with E-state index in [0.29, 0.717) is 31.7 Å². The van der Waals surface area contributed by atoms with Crippen molar-refractivity contribution in [2.45, 2.75) is 31.5 Å². The van der Waals surface area contributed by atoms with Crippen molar-refractivity contribution < 1.29 is 53.3 Å². The highest BCUT2D eigenvalue weighted by molar-refractivity contribution is 7.86. The number of aliphatic hydroxyl groups excluding tert-OH is 1. The molecule has 0 atom stereocenters. The molecule has 0 saturated carbocycles. The molecule has 206 valence electrons. The Morgan fingerprint density at radius 1 is 1.05 bits per heavy atom. The molecule has 0 aliphatic rings. The van der Waals surface area contributed by atoms with Gasteiger partial charge >= 0.3 is 5.51 Å². The number of hydrogen-bond acceptors (Lipinski definition) is 9. The molecule has 0 saturated heterocycles. The van der Waals surface area contributed by atoms with Crippen LogP contribution in [0.1, 0.15) is 18.5 Å². The summed E-state index contributed by atoms with van der Waals surface area (Å²) in [5, 5.41) is 15.5. The van der Waals surface area contributed by atoms with E-state index in [1.165, 1.54) is 0 Å². The zero-order valence-electron chi connectivity index (χ0n) is 19.7. The minimum Gasteiger partial charge on any atom is -0.741 e. The largest absolute Gasteiger partial charge is 0.741 e. The molecule has 3 aromatic rings. The number of hydrogen-bond donors (Lipinski definition) is 1. The first-order valence-electron chi connectivity index (χ1n) is 10.8. The highest BCUT2D eigenvalue weighted by atomic mass is 32.2. The molecule has 11 nitrogen and oxygen atoms in total. The molecule has 3 rings (SSSR count). The average molecular weight is 570 g/mol. The van der Waals surface area contributed by atoms with Crippen molar-refractivity contribution in [1.29, 1.82) is 0 Å². The summed E-state index contributed by atoms with van der Waals surface area (Å²) in [7, 11) is -7.95. The normalized spacial score (nSPS) is 12.3. The van der Waals surface area contributed by atoms with Crippen LogP contribution in [0.3, 0.4) is 0 Å². The van der Waals surface area contributed by atoms with Crippen LogP contribution in [0.5, 0.6) is 5.75 Å². The van der Waals surface area contributed by atoms with E-state index in [4.69, 9.17) is 27.0 Å². The van der Waals surface area contributed by atoms with Gasteiger partial charge in [0.05, 0.1) is 24.2 Å². The molecule has 0 aliphatic heterocycles. The molecule has 0 radical (unpaired) electrons. The first-order valence-corrected chi connectivity index (χ1v) is 13.7. The minimum absolute atomic E-state index is 0.0846. The molecular weight excluding hydrogens is 543 g/mol. The quantitative estimate of drug-likeness (QED) is 0.119. The lowest BCUT2D eigenvalue weighted by molar-refractivity contribution is -0.755. The van der Waals surface area contributed by atoms with Gasteiger partial charge < -0.3 is 14.4 Å². The second-order valence-corrected chi connectivity index (χ2v) is 10.7. The van der Waals surface area contributed by atoms with Crippen LogP contribution >= 0.6 is 0 Å². The second-order valence-electron chi connectivity index (χ2n) is 7.60. The summed E-state index contributed by atoms with van der Waals surface area (Å²) in [6.07, 6.45) is 2.54. The van der Waals surface area contributed by atoms with Gasteiger partial charge in [0, 0.05) is 12.8 Å². The number of aliphatic hydroxyl groups is 1. The van der Waals surface area contributed by atoms with Gasteiger partial charge in [-0.3, -0.25) is 4.18 Å². The third kappa shape index (κ3) is 10.2. The summed E-state index contributed by atoms with van der Waals surface area (Å²) in [4.78, 5) is 0. The van der Waals surface area contributed by atoms with Gasteiger partial charge in [-0.1, -0.05) is 30.3 Å². The van der Waals surface area contributed by atoms with Crippen molar-refractivity contribution in [3.8, 4) is 5.75 Å². The molecule has 16 heteroatoms. The number of ether oxygens (including phenoxy) is 1. The lowest BCUT2D eigenvalue weighted by Gasteiger charge is -2.08. The Morgan fingerprint density at radius 3 is 2.30 bits per heavy atom. The van der Waals surface area contributed by atoms with Crippen molar-refractivity contribution in [2.75, 3.05) is 19.0 Å². The van der Waals surface area contributed by atoms with Crippen LogP contribution in [0.2, 0.25) is 0 Å². The predicted molar refractivity (Wildman–Crippen MR) is 123 cm³/mol. The highest BCUT2D eigenvalue weighted by Gasteiger charge is 2.36. The number of rotatable bonds is 11. The maximum absolute atomic E-state index is 12.0. The molecule has 0 unspecified atom stereocenters. The molecule has 0 bridgehead atoms. The molecule has 1 aromatic heterocycles. The first kappa shape index (κ1) is 30.4. The lowest BCUT2D eigenvalue weighted by Crippen LogP contribution is -2.37. The molecule has 1 N–H and O–H groups in total. The molecule has 37 heavy (non-hydrogen) atoms. The summed E-state index contributed by atoms with van der Waals surface area (Å²) in [6, 6.07) is 13.9. The van der Waals surface area contributed by atoms with Crippen molar-refractivity contribution in [2.24, 2.45) is 7.05 Å². The summed E-state index contributed by atoms with van der Waals surface area (Å²) >= 11 is 0. The SMILES string of the molecule is Cn1n[n+](CCCS(=O)(=O)OCCCOc2ccc3ccccc3c2)cc1CO.O=S(=O)([O-])C(F)(F)F. The molecule has 2 aromatic carbocycles. The van der Waals surface area contributed by atoms with Gasteiger partial charge in [0.15, 0.2) is 22.0 Å². The van der Waals surface area contributed by atoms with Gasteiger partial charge in [0.1, 0.15) is 25.9 Å². The van der Waals surface area contributed by atoms with Crippen LogP contribution < -0.4 is 9.42 Å². The number of alkyl halides is 3. The number of benzene rings is 2. The summed E-state index contributed by atoms with van der Waals surface area (Å²) < 4.78 is 96.8. The number of fused-ring (bicyclic) bond motifs is 1.